The minimum Gasteiger partial charge on any atom is -0.422 e. The molecule has 0 saturated carbocycles. The van der Waals surface area contributed by atoms with Crippen LogP contribution in [0.5, 0.6) is 5.75 Å². The lowest BCUT2D eigenvalue weighted by molar-refractivity contribution is -0.121. The Morgan fingerprint density at radius 2 is 1.42 bits per heavy atom. The van der Waals surface area contributed by atoms with Crippen LogP contribution in [0.4, 0.5) is 0 Å². The minimum atomic E-state index is -0.435. The van der Waals surface area contributed by atoms with Crippen LogP contribution in [0.15, 0.2) is 65.8 Å². The summed E-state index contributed by atoms with van der Waals surface area (Å²) in [5, 5.41) is 6.09. The number of hydrogen-bond acceptors (Lipinski definition) is 4. The summed E-state index contributed by atoms with van der Waals surface area (Å²) in [5.41, 5.74) is 4.84. The van der Waals surface area contributed by atoms with Gasteiger partial charge >= 0.3 is 5.97 Å². The summed E-state index contributed by atoms with van der Waals surface area (Å²) in [7, 11) is 0. The number of amides is 1. The van der Waals surface area contributed by atoms with E-state index in [9.17, 15) is 9.59 Å². The maximum atomic E-state index is 12.7. The Hall–Kier alpha value is -3.47. The SMILES string of the molecule is CCCCCCCCCCCCCC(=O)N/N=C/c1c(OC(=O)c2ccc(C)cc2)ccc2ccccc12. The largest absolute Gasteiger partial charge is 0.422 e. The van der Waals surface area contributed by atoms with E-state index in [1.165, 1.54) is 57.8 Å². The molecule has 202 valence electrons. The van der Waals surface area contributed by atoms with Gasteiger partial charge in [-0.2, -0.15) is 5.10 Å². The van der Waals surface area contributed by atoms with Crippen molar-refractivity contribution in [2.24, 2.45) is 5.10 Å². The van der Waals surface area contributed by atoms with Gasteiger partial charge in [-0.25, -0.2) is 10.2 Å². The quantitative estimate of drug-likeness (QED) is 0.0685. The second-order valence-corrected chi connectivity index (χ2v) is 10.0. The Labute approximate surface area is 227 Å². The summed E-state index contributed by atoms with van der Waals surface area (Å²) in [5.74, 6) is -0.135. The molecule has 0 unspecified atom stereocenters. The maximum absolute atomic E-state index is 12.7. The van der Waals surface area contributed by atoms with Crippen molar-refractivity contribution in [2.75, 3.05) is 0 Å². The van der Waals surface area contributed by atoms with Gasteiger partial charge < -0.3 is 4.74 Å². The zero-order valence-corrected chi connectivity index (χ0v) is 23.0. The number of esters is 1. The lowest BCUT2D eigenvalue weighted by Gasteiger charge is -2.11. The van der Waals surface area contributed by atoms with Crippen molar-refractivity contribution in [1.29, 1.82) is 0 Å². The Morgan fingerprint density at radius 1 is 0.789 bits per heavy atom. The van der Waals surface area contributed by atoms with Crippen LogP contribution < -0.4 is 10.2 Å². The highest BCUT2D eigenvalue weighted by Crippen LogP contribution is 2.27. The lowest BCUT2D eigenvalue weighted by Crippen LogP contribution is -2.17. The number of carbonyl (C=O) groups is 2. The highest BCUT2D eigenvalue weighted by atomic mass is 16.5. The summed E-state index contributed by atoms with van der Waals surface area (Å²) in [4.78, 5) is 25.1. The Bertz CT molecular complexity index is 1180. The molecule has 3 rings (SSSR count). The zero-order valence-electron chi connectivity index (χ0n) is 23.0. The molecular formula is C33H42N2O3. The average Bonchev–Trinajstić information content (AvgIpc) is 2.93. The van der Waals surface area contributed by atoms with E-state index in [1.807, 2.05) is 49.4 Å². The molecule has 5 nitrogen and oxygen atoms in total. The van der Waals surface area contributed by atoms with Crippen molar-refractivity contribution < 1.29 is 14.3 Å². The summed E-state index contributed by atoms with van der Waals surface area (Å²) < 4.78 is 5.74. The molecule has 0 fully saturated rings. The van der Waals surface area contributed by atoms with Gasteiger partial charge in [-0.15, -0.1) is 0 Å². The van der Waals surface area contributed by atoms with Gasteiger partial charge in [-0.1, -0.05) is 119 Å². The fourth-order valence-electron chi connectivity index (χ4n) is 4.52. The molecule has 0 aliphatic carbocycles. The van der Waals surface area contributed by atoms with Crippen LogP contribution in [-0.2, 0) is 4.79 Å². The van der Waals surface area contributed by atoms with Gasteiger partial charge in [0.25, 0.3) is 0 Å². The molecule has 0 bridgehead atoms. The smallest absolute Gasteiger partial charge is 0.343 e. The Balaban J connectivity index is 1.48. The predicted octanol–water partition coefficient (Wildman–Crippen LogP) is 8.52. The van der Waals surface area contributed by atoms with Crippen molar-refractivity contribution in [3.63, 3.8) is 0 Å². The summed E-state index contributed by atoms with van der Waals surface area (Å²) in [6.45, 7) is 4.22. The van der Waals surface area contributed by atoms with Crippen molar-refractivity contribution in [1.82, 2.24) is 5.43 Å². The van der Waals surface area contributed by atoms with Gasteiger partial charge in [0, 0.05) is 12.0 Å². The standard InChI is InChI=1S/C33H42N2O3/c1-3-4-5-6-7-8-9-10-11-12-13-18-32(36)35-34-25-30-29-17-15-14-16-27(29)23-24-31(30)38-33(37)28-21-19-26(2)20-22-28/h14-17,19-25H,3-13,18H2,1-2H3,(H,35,36)/b34-25+. The zero-order chi connectivity index (χ0) is 27.0. The van der Waals surface area contributed by atoms with E-state index in [4.69, 9.17) is 4.74 Å². The third-order valence-electron chi connectivity index (χ3n) is 6.81. The number of fused-ring (bicyclic) bond motifs is 1. The molecule has 38 heavy (non-hydrogen) atoms. The molecule has 0 aromatic heterocycles. The maximum Gasteiger partial charge on any atom is 0.343 e. The number of benzene rings is 3. The number of hydrogen-bond donors (Lipinski definition) is 1. The molecule has 3 aromatic carbocycles. The molecule has 0 aliphatic heterocycles. The number of hydrazone groups is 1. The van der Waals surface area contributed by atoms with Crippen LogP contribution in [0.2, 0.25) is 0 Å². The van der Waals surface area contributed by atoms with Gasteiger partial charge in [0.2, 0.25) is 5.91 Å². The molecule has 0 saturated heterocycles. The highest BCUT2D eigenvalue weighted by Gasteiger charge is 2.13. The van der Waals surface area contributed by atoms with Crippen LogP contribution in [0.3, 0.4) is 0 Å². The van der Waals surface area contributed by atoms with Crippen LogP contribution >= 0.6 is 0 Å². The van der Waals surface area contributed by atoms with Gasteiger partial charge in [-0.3, -0.25) is 4.79 Å². The van der Waals surface area contributed by atoms with Crippen LogP contribution in [-0.4, -0.2) is 18.1 Å². The van der Waals surface area contributed by atoms with Crippen LogP contribution in [0.1, 0.15) is 105 Å². The monoisotopic (exact) mass is 514 g/mol. The van der Waals surface area contributed by atoms with Gasteiger partial charge in [-0.05, 0) is 42.3 Å². The lowest BCUT2D eigenvalue weighted by atomic mass is 10.0. The number of nitrogens with one attached hydrogen (secondary N) is 1. The van der Waals surface area contributed by atoms with Crippen molar-refractivity contribution >= 4 is 28.9 Å². The van der Waals surface area contributed by atoms with E-state index in [2.05, 4.69) is 17.5 Å². The van der Waals surface area contributed by atoms with E-state index in [1.54, 1.807) is 24.4 Å². The molecule has 0 atom stereocenters. The number of unbranched alkanes of at least 4 members (excludes halogenated alkanes) is 10. The first-order chi connectivity index (χ1) is 18.6. The summed E-state index contributed by atoms with van der Waals surface area (Å²) in [6, 6.07) is 18.8. The normalized spacial score (nSPS) is 11.2. The number of aryl methyl sites for hydroxylation is 1. The van der Waals surface area contributed by atoms with Gasteiger partial charge in [0.1, 0.15) is 5.75 Å². The first kappa shape index (κ1) is 29.1. The predicted molar refractivity (Wildman–Crippen MR) is 157 cm³/mol. The van der Waals surface area contributed by atoms with Gasteiger partial charge in [0.05, 0.1) is 11.8 Å². The van der Waals surface area contributed by atoms with Crippen molar-refractivity contribution in [3.05, 3.63) is 77.4 Å². The van der Waals surface area contributed by atoms with Crippen molar-refractivity contribution in [2.45, 2.75) is 90.9 Å². The third kappa shape index (κ3) is 9.77. The minimum absolute atomic E-state index is 0.101. The third-order valence-corrected chi connectivity index (χ3v) is 6.81. The molecule has 5 heteroatoms. The summed E-state index contributed by atoms with van der Waals surface area (Å²) >= 11 is 0. The van der Waals surface area contributed by atoms with E-state index < -0.39 is 5.97 Å². The first-order valence-electron chi connectivity index (χ1n) is 14.2. The van der Waals surface area contributed by atoms with E-state index in [0.29, 0.717) is 23.3 Å². The fraction of sp³-hybridized carbons (Fsp3) is 0.424. The molecular weight excluding hydrogens is 472 g/mol. The van der Waals surface area contributed by atoms with Crippen molar-refractivity contribution in [3.8, 4) is 5.75 Å². The van der Waals surface area contributed by atoms with Crippen LogP contribution in [0, 0.1) is 6.92 Å². The molecule has 3 aromatic rings. The number of nitrogens with zero attached hydrogens (tertiary/aromatic N) is 1. The number of carbonyl (C=O) groups excluding carboxylic acids is 2. The topological polar surface area (TPSA) is 67.8 Å². The Morgan fingerprint density at radius 3 is 2.11 bits per heavy atom. The number of ether oxygens (including phenoxy) is 1. The fourth-order valence-corrected chi connectivity index (χ4v) is 4.52. The van der Waals surface area contributed by atoms with E-state index in [0.717, 1.165) is 29.2 Å². The second kappa shape index (κ2) is 16.4. The molecule has 1 N–H and O–H groups in total. The molecule has 0 heterocycles. The molecule has 1 amide bonds. The molecule has 0 aliphatic rings. The van der Waals surface area contributed by atoms with E-state index >= 15 is 0 Å². The summed E-state index contributed by atoms with van der Waals surface area (Å²) in [6.07, 6.45) is 15.8. The highest BCUT2D eigenvalue weighted by molar-refractivity contribution is 6.04. The van der Waals surface area contributed by atoms with Crippen LogP contribution in [0.25, 0.3) is 10.8 Å². The Kier molecular flexibility index (Phi) is 12.5. The van der Waals surface area contributed by atoms with E-state index in [-0.39, 0.29) is 5.91 Å². The molecule has 0 spiro atoms. The average molecular weight is 515 g/mol. The second-order valence-electron chi connectivity index (χ2n) is 10.0. The van der Waals surface area contributed by atoms with Gasteiger partial charge in [0.15, 0.2) is 0 Å². The number of rotatable bonds is 16. The first-order valence-corrected chi connectivity index (χ1v) is 14.2. The molecule has 0 radical (unpaired) electrons.